The second-order valence-electron chi connectivity index (χ2n) is 6.40. The first kappa shape index (κ1) is 15.2. The van der Waals surface area contributed by atoms with Crippen LogP contribution in [0.4, 0.5) is 0 Å². The summed E-state index contributed by atoms with van der Waals surface area (Å²) in [6.45, 7) is 8.38. The zero-order valence-corrected chi connectivity index (χ0v) is 12.9. The van der Waals surface area contributed by atoms with Gasteiger partial charge in [-0.2, -0.15) is 4.98 Å². The second-order valence-corrected chi connectivity index (χ2v) is 6.40. The normalized spacial score (nSPS) is 11.4. The molecule has 21 heavy (non-hydrogen) atoms. The smallest absolute Gasteiger partial charge is 0.257 e. The van der Waals surface area contributed by atoms with Crippen LogP contribution in [-0.4, -0.2) is 16.0 Å². The summed E-state index contributed by atoms with van der Waals surface area (Å²) in [7, 11) is 0. The van der Waals surface area contributed by atoms with Crippen molar-refractivity contribution in [3.05, 3.63) is 35.7 Å². The van der Waals surface area contributed by atoms with Crippen molar-refractivity contribution in [3.8, 4) is 11.5 Å². The van der Waals surface area contributed by atoms with Crippen molar-refractivity contribution in [3.63, 3.8) is 0 Å². The van der Waals surface area contributed by atoms with Gasteiger partial charge in [-0.15, -0.1) is 0 Å². The highest BCUT2D eigenvalue weighted by atomic mass is 16.5. The Bertz CT molecular complexity index is 609. The van der Waals surface area contributed by atoms with Gasteiger partial charge in [0.1, 0.15) is 0 Å². The molecular formula is C16H21N3O2. The average molecular weight is 287 g/mol. The topological polar surface area (TPSA) is 68.0 Å². The Morgan fingerprint density at radius 2 is 1.90 bits per heavy atom. The highest BCUT2D eigenvalue weighted by molar-refractivity contribution is 5.76. The lowest BCUT2D eigenvalue weighted by molar-refractivity contribution is -0.123. The Hall–Kier alpha value is -2.17. The lowest BCUT2D eigenvalue weighted by Gasteiger charge is -2.16. The van der Waals surface area contributed by atoms with Crippen LogP contribution in [-0.2, 0) is 11.3 Å². The third kappa shape index (κ3) is 4.70. The van der Waals surface area contributed by atoms with Gasteiger partial charge in [-0.3, -0.25) is 4.79 Å². The summed E-state index contributed by atoms with van der Waals surface area (Å²) in [4.78, 5) is 16.0. The van der Waals surface area contributed by atoms with E-state index in [2.05, 4.69) is 15.5 Å². The van der Waals surface area contributed by atoms with Gasteiger partial charge in [0.05, 0.1) is 6.54 Å². The van der Waals surface area contributed by atoms with Gasteiger partial charge in [-0.25, -0.2) is 0 Å². The van der Waals surface area contributed by atoms with Crippen molar-refractivity contribution < 1.29 is 9.32 Å². The van der Waals surface area contributed by atoms with Gasteiger partial charge < -0.3 is 9.84 Å². The molecule has 1 aromatic carbocycles. The number of hydrogen-bond donors (Lipinski definition) is 1. The first-order chi connectivity index (χ1) is 9.83. The molecule has 0 aliphatic heterocycles. The van der Waals surface area contributed by atoms with Crippen LogP contribution in [0.1, 0.15) is 38.6 Å². The molecule has 5 nitrogen and oxygen atoms in total. The van der Waals surface area contributed by atoms with Crippen molar-refractivity contribution in [1.82, 2.24) is 15.5 Å². The zero-order chi connectivity index (χ0) is 15.5. The fraction of sp³-hybridized carbons (Fsp3) is 0.438. The molecule has 1 aromatic heterocycles. The number of aryl methyl sites for hydroxylation is 1. The number of amides is 1. The monoisotopic (exact) mass is 287 g/mol. The van der Waals surface area contributed by atoms with E-state index in [0.717, 1.165) is 5.56 Å². The third-order valence-electron chi connectivity index (χ3n) is 2.90. The minimum atomic E-state index is -0.0333. The number of aromatic nitrogens is 2. The first-order valence-electron chi connectivity index (χ1n) is 7.00. The second kappa shape index (κ2) is 6.08. The summed E-state index contributed by atoms with van der Waals surface area (Å²) in [6.07, 6.45) is 0.468. The van der Waals surface area contributed by atoms with Crippen molar-refractivity contribution in [2.75, 3.05) is 0 Å². The Balaban J connectivity index is 1.94. The van der Waals surface area contributed by atoms with Gasteiger partial charge in [0.15, 0.2) is 5.82 Å². The van der Waals surface area contributed by atoms with E-state index >= 15 is 0 Å². The molecule has 1 N–H and O–H groups in total. The molecule has 5 heteroatoms. The van der Waals surface area contributed by atoms with E-state index in [9.17, 15) is 4.79 Å². The third-order valence-corrected chi connectivity index (χ3v) is 2.90. The molecule has 0 aliphatic carbocycles. The van der Waals surface area contributed by atoms with Crippen molar-refractivity contribution >= 4 is 5.91 Å². The number of benzene rings is 1. The van der Waals surface area contributed by atoms with E-state index in [0.29, 0.717) is 18.1 Å². The first-order valence-corrected chi connectivity index (χ1v) is 7.00. The van der Waals surface area contributed by atoms with Gasteiger partial charge in [0.25, 0.3) is 5.89 Å². The molecule has 0 bridgehead atoms. The van der Waals surface area contributed by atoms with Crippen LogP contribution >= 0.6 is 0 Å². The van der Waals surface area contributed by atoms with E-state index in [4.69, 9.17) is 4.52 Å². The molecular weight excluding hydrogens is 266 g/mol. The van der Waals surface area contributed by atoms with E-state index in [-0.39, 0.29) is 17.9 Å². The molecule has 0 radical (unpaired) electrons. The number of rotatable bonds is 4. The van der Waals surface area contributed by atoms with E-state index in [1.54, 1.807) is 0 Å². The molecule has 0 unspecified atom stereocenters. The molecule has 0 fully saturated rings. The minimum absolute atomic E-state index is 0.0100. The lowest BCUT2D eigenvalue weighted by atomic mass is 9.92. The maximum atomic E-state index is 11.7. The lowest BCUT2D eigenvalue weighted by Crippen LogP contribution is -2.27. The van der Waals surface area contributed by atoms with Gasteiger partial charge in [0.2, 0.25) is 5.91 Å². The standard InChI is InChI=1S/C16H21N3O2/c1-11-5-7-12(8-6-11)15-18-13(19-21-15)10-17-14(20)9-16(2,3)4/h5-8H,9-10H2,1-4H3,(H,17,20). The quantitative estimate of drug-likeness (QED) is 0.938. The molecule has 2 rings (SSSR count). The Morgan fingerprint density at radius 1 is 1.24 bits per heavy atom. The number of carbonyl (C=O) groups excluding carboxylic acids is 1. The molecule has 0 spiro atoms. The molecule has 112 valence electrons. The summed E-state index contributed by atoms with van der Waals surface area (Å²) >= 11 is 0. The van der Waals surface area contributed by atoms with Crippen LogP contribution in [0.15, 0.2) is 28.8 Å². The van der Waals surface area contributed by atoms with Gasteiger partial charge in [-0.05, 0) is 24.5 Å². The molecule has 0 saturated carbocycles. The average Bonchev–Trinajstić information content (AvgIpc) is 2.84. The van der Waals surface area contributed by atoms with Crippen molar-refractivity contribution in [2.24, 2.45) is 5.41 Å². The summed E-state index contributed by atoms with van der Waals surface area (Å²) < 4.78 is 5.21. The Kier molecular flexibility index (Phi) is 4.40. The molecule has 1 heterocycles. The molecule has 2 aromatic rings. The minimum Gasteiger partial charge on any atom is -0.349 e. The van der Waals surface area contributed by atoms with Crippen LogP contribution in [0.25, 0.3) is 11.5 Å². The molecule has 0 aliphatic rings. The van der Waals surface area contributed by atoms with Crippen LogP contribution in [0.3, 0.4) is 0 Å². The van der Waals surface area contributed by atoms with E-state index < -0.39 is 0 Å². The highest BCUT2D eigenvalue weighted by Crippen LogP contribution is 2.19. The Labute approximate surface area is 124 Å². The van der Waals surface area contributed by atoms with Crippen LogP contribution in [0.5, 0.6) is 0 Å². The van der Waals surface area contributed by atoms with Gasteiger partial charge in [0, 0.05) is 12.0 Å². The van der Waals surface area contributed by atoms with Gasteiger partial charge >= 0.3 is 0 Å². The summed E-state index contributed by atoms with van der Waals surface area (Å²) in [6, 6.07) is 7.85. The molecule has 1 amide bonds. The summed E-state index contributed by atoms with van der Waals surface area (Å²) in [5, 5.41) is 6.69. The highest BCUT2D eigenvalue weighted by Gasteiger charge is 2.16. The number of carbonyl (C=O) groups is 1. The van der Waals surface area contributed by atoms with E-state index in [1.165, 1.54) is 5.56 Å². The van der Waals surface area contributed by atoms with Crippen molar-refractivity contribution in [2.45, 2.75) is 40.7 Å². The van der Waals surface area contributed by atoms with Gasteiger partial charge in [-0.1, -0.05) is 43.6 Å². The maximum absolute atomic E-state index is 11.7. The zero-order valence-electron chi connectivity index (χ0n) is 12.9. The number of hydrogen-bond acceptors (Lipinski definition) is 4. The summed E-state index contributed by atoms with van der Waals surface area (Å²) in [5.74, 6) is 0.937. The van der Waals surface area contributed by atoms with Crippen molar-refractivity contribution in [1.29, 1.82) is 0 Å². The van der Waals surface area contributed by atoms with Crippen LogP contribution < -0.4 is 5.32 Å². The molecule has 0 saturated heterocycles. The van der Waals surface area contributed by atoms with Crippen LogP contribution in [0.2, 0.25) is 0 Å². The largest absolute Gasteiger partial charge is 0.349 e. The fourth-order valence-electron chi connectivity index (χ4n) is 1.86. The fourth-order valence-corrected chi connectivity index (χ4v) is 1.86. The number of nitrogens with zero attached hydrogens (tertiary/aromatic N) is 2. The van der Waals surface area contributed by atoms with E-state index in [1.807, 2.05) is 52.0 Å². The molecule has 0 atom stereocenters. The Morgan fingerprint density at radius 3 is 2.52 bits per heavy atom. The summed E-state index contributed by atoms with van der Waals surface area (Å²) in [5.41, 5.74) is 2.02. The maximum Gasteiger partial charge on any atom is 0.257 e. The number of nitrogens with one attached hydrogen (secondary N) is 1. The SMILES string of the molecule is Cc1ccc(-c2nc(CNC(=O)CC(C)(C)C)no2)cc1. The predicted molar refractivity (Wildman–Crippen MR) is 80.4 cm³/mol. The predicted octanol–water partition coefficient (Wildman–Crippen LogP) is 3.10. The van der Waals surface area contributed by atoms with Crippen LogP contribution in [0, 0.1) is 12.3 Å².